The number of hydrogen-bond donors (Lipinski definition) is 0. The highest BCUT2D eigenvalue weighted by Gasteiger charge is 2.19. The first-order valence-corrected chi connectivity index (χ1v) is 29.1. The zero-order valence-electron chi connectivity index (χ0n) is 44.8. The minimum absolute atomic E-state index is 0.0636. The molecule has 0 spiro atoms. The van der Waals surface area contributed by atoms with Gasteiger partial charge in [-0.1, -0.05) is 286 Å². The molecular weight excluding hydrogens is 805 g/mol. The van der Waals surface area contributed by atoms with Gasteiger partial charge in [0.2, 0.25) is 0 Å². The lowest BCUT2D eigenvalue weighted by Gasteiger charge is -2.18. The lowest BCUT2D eigenvalue weighted by Crippen LogP contribution is -2.30. The summed E-state index contributed by atoms with van der Waals surface area (Å²) < 4.78 is 16.9. The van der Waals surface area contributed by atoms with E-state index in [0.717, 1.165) is 75.5 Å². The summed E-state index contributed by atoms with van der Waals surface area (Å²) >= 11 is 0. The second kappa shape index (κ2) is 50.3. The van der Waals surface area contributed by atoms with Crippen LogP contribution < -0.4 is 0 Å². The van der Waals surface area contributed by atoms with E-state index in [-0.39, 0.29) is 31.1 Å². The molecule has 2 atom stereocenters. The van der Waals surface area contributed by atoms with Gasteiger partial charge in [-0.3, -0.25) is 14.4 Å². The van der Waals surface area contributed by atoms with E-state index in [1.807, 2.05) is 0 Å². The molecule has 0 aromatic carbocycles. The minimum Gasteiger partial charge on any atom is -0.462 e. The van der Waals surface area contributed by atoms with E-state index in [1.54, 1.807) is 0 Å². The summed E-state index contributed by atoms with van der Waals surface area (Å²) in [7, 11) is 0. The predicted molar refractivity (Wildman–Crippen MR) is 279 cm³/mol. The van der Waals surface area contributed by atoms with Crippen molar-refractivity contribution in [2.45, 2.75) is 330 Å². The summed E-state index contributed by atoms with van der Waals surface area (Å²) in [4.78, 5) is 38.1. The first kappa shape index (κ1) is 63.4. The maximum atomic E-state index is 12.8. The van der Waals surface area contributed by atoms with Crippen LogP contribution in [0.15, 0.2) is 0 Å². The van der Waals surface area contributed by atoms with Crippen molar-refractivity contribution in [1.82, 2.24) is 0 Å². The van der Waals surface area contributed by atoms with Gasteiger partial charge < -0.3 is 14.2 Å². The Hall–Kier alpha value is -1.59. The Kier molecular flexibility index (Phi) is 49.1. The zero-order valence-corrected chi connectivity index (χ0v) is 44.8. The molecule has 0 heterocycles. The van der Waals surface area contributed by atoms with Crippen LogP contribution in [-0.2, 0) is 28.6 Å². The van der Waals surface area contributed by atoms with E-state index in [0.29, 0.717) is 19.3 Å². The summed E-state index contributed by atoms with van der Waals surface area (Å²) in [5.41, 5.74) is 0. The number of carbonyl (C=O) groups excluding carboxylic acids is 3. The van der Waals surface area contributed by atoms with Gasteiger partial charge in [-0.05, 0) is 37.0 Å². The van der Waals surface area contributed by atoms with Crippen LogP contribution in [0.3, 0.4) is 0 Å². The average molecular weight is 920 g/mol. The first-order valence-electron chi connectivity index (χ1n) is 29.1. The Balaban J connectivity index is 4.29. The monoisotopic (exact) mass is 919 g/mol. The molecule has 0 bridgehead atoms. The summed E-state index contributed by atoms with van der Waals surface area (Å²) in [5.74, 6) is 1.71. The average Bonchev–Trinajstić information content (AvgIpc) is 3.28. The minimum atomic E-state index is -0.764. The molecule has 1 unspecified atom stereocenters. The quantitative estimate of drug-likeness (QED) is 0.0344. The van der Waals surface area contributed by atoms with Crippen LogP contribution >= 0.6 is 0 Å². The second-order valence-corrected chi connectivity index (χ2v) is 21.5. The van der Waals surface area contributed by atoms with Gasteiger partial charge in [0, 0.05) is 19.3 Å². The second-order valence-electron chi connectivity index (χ2n) is 21.5. The Morgan fingerprint density at radius 3 is 0.800 bits per heavy atom. The van der Waals surface area contributed by atoms with Crippen molar-refractivity contribution in [1.29, 1.82) is 0 Å². The molecule has 6 nitrogen and oxygen atoms in total. The largest absolute Gasteiger partial charge is 0.462 e. The number of hydrogen-bond acceptors (Lipinski definition) is 6. The van der Waals surface area contributed by atoms with Crippen LogP contribution in [0.25, 0.3) is 0 Å². The molecule has 0 rings (SSSR count). The van der Waals surface area contributed by atoms with Gasteiger partial charge in [-0.15, -0.1) is 0 Å². The van der Waals surface area contributed by atoms with Gasteiger partial charge in [0.15, 0.2) is 6.10 Å². The highest BCUT2D eigenvalue weighted by atomic mass is 16.6. The fraction of sp³-hybridized carbons (Fsp3) is 0.949. The van der Waals surface area contributed by atoms with Gasteiger partial charge in [0.1, 0.15) is 13.2 Å². The molecule has 0 aliphatic carbocycles. The van der Waals surface area contributed by atoms with Crippen LogP contribution in [-0.4, -0.2) is 37.2 Å². The Morgan fingerprint density at radius 2 is 0.538 bits per heavy atom. The summed E-state index contributed by atoms with van der Waals surface area (Å²) in [5, 5.41) is 0. The topological polar surface area (TPSA) is 78.9 Å². The predicted octanol–water partition coefficient (Wildman–Crippen LogP) is 19.1. The molecule has 0 amide bonds. The van der Waals surface area contributed by atoms with Crippen molar-refractivity contribution in [3.05, 3.63) is 0 Å². The van der Waals surface area contributed by atoms with Gasteiger partial charge in [0.25, 0.3) is 0 Å². The van der Waals surface area contributed by atoms with Crippen molar-refractivity contribution < 1.29 is 28.6 Å². The molecular formula is C59H114O6. The molecule has 0 aliphatic heterocycles. The summed E-state index contributed by atoms with van der Waals surface area (Å²) in [6.07, 6.45) is 52.3. The SMILES string of the molecule is CCC(C)CCCCCCCCCCCCCCCCC(=O)OC[C@H](COC(=O)CCCCCCCCCCCCCCCC(C)C)OC(=O)CCCCCCCCCCCCC(C)C. The van der Waals surface area contributed by atoms with E-state index in [1.165, 1.54) is 205 Å². The molecule has 0 fully saturated rings. The number of esters is 3. The highest BCUT2D eigenvalue weighted by Crippen LogP contribution is 2.19. The Labute approximate surface area is 406 Å². The molecule has 0 aliphatic rings. The maximum Gasteiger partial charge on any atom is 0.306 e. The number of rotatable bonds is 52. The molecule has 0 saturated carbocycles. The highest BCUT2D eigenvalue weighted by molar-refractivity contribution is 5.71. The van der Waals surface area contributed by atoms with E-state index < -0.39 is 6.10 Å². The smallest absolute Gasteiger partial charge is 0.306 e. The van der Waals surface area contributed by atoms with Crippen molar-refractivity contribution in [2.75, 3.05) is 13.2 Å². The summed E-state index contributed by atoms with van der Waals surface area (Å²) in [6.45, 7) is 13.8. The van der Waals surface area contributed by atoms with Crippen LogP contribution in [0.1, 0.15) is 324 Å². The Morgan fingerprint density at radius 1 is 0.308 bits per heavy atom. The van der Waals surface area contributed by atoms with Gasteiger partial charge in [-0.25, -0.2) is 0 Å². The normalized spacial score (nSPS) is 12.6. The number of unbranched alkanes of at least 4 members (excludes halogenated alkanes) is 34. The van der Waals surface area contributed by atoms with Crippen molar-refractivity contribution in [3.8, 4) is 0 Å². The fourth-order valence-corrected chi connectivity index (χ4v) is 8.97. The number of carbonyl (C=O) groups is 3. The standard InChI is InChI=1S/C59H114O6/c1-7-55(6)47-41-35-29-23-16-12-8-9-13-17-24-30-36-42-48-57(60)63-51-56(65-59(62)50-44-38-32-26-20-19-22-28-34-40-46-54(4)5)52-64-58(61)49-43-37-31-25-18-14-10-11-15-21-27-33-39-45-53(2)3/h53-56H,7-52H2,1-6H3/t55?,56-/m1/s1. The molecule has 65 heavy (non-hydrogen) atoms. The van der Waals surface area contributed by atoms with E-state index in [2.05, 4.69) is 41.5 Å². The van der Waals surface area contributed by atoms with E-state index >= 15 is 0 Å². The van der Waals surface area contributed by atoms with Gasteiger partial charge in [0.05, 0.1) is 0 Å². The van der Waals surface area contributed by atoms with Crippen LogP contribution in [0.5, 0.6) is 0 Å². The lowest BCUT2D eigenvalue weighted by molar-refractivity contribution is -0.167. The van der Waals surface area contributed by atoms with Crippen LogP contribution in [0, 0.1) is 17.8 Å². The third-order valence-electron chi connectivity index (χ3n) is 13.8. The van der Waals surface area contributed by atoms with Crippen molar-refractivity contribution in [2.24, 2.45) is 17.8 Å². The molecule has 386 valence electrons. The fourth-order valence-electron chi connectivity index (χ4n) is 8.97. The lowest BCUT2D eigenvalue weighted by atomic mass is 9.99. The first-order chi connectivity index (χ1) is 31.6. The van der Waals surface area contributed by atoms with E-state index in [4.69, 9.17) is 14.2 Å². The zero-order chi connectivity index (χ0) is 47.7. The molecule has 6 heteroatoms. The van der Waals surface area contributed by atoms with Crippen molar-refractivity contribution >= 4 is 17.9 Å². The number of ether oxygens (including phenoxy) is 3. The molecule has 0 aromatic rings. The summed E-state index contributed by atoms with van der Waals surface area (Å²) in [6, 6.07) is 0. The van der Waals surface area contributed by atoms with Gasteiger partial charge in [-0.2, -0.15) is 0 Å². The van der Waals surface area contributed by atoms with E-state index in [9.17, 15) is 14.4 Å². The molecule has 0 saturated heterocycles. The van der Waals surface area contributed by atoms with Crippen LogP contribution in [0.2, 0.25) is 0 Å². The maximum absolute atomic E-state index is 12.8. The molecule has 0 N–H and O–H groups in total. The third-order valence-corrected chi connectivity index (χ3v) is 13.8. The van der Waals surface area contributed by atoms with Crippen LogP contribution in [0.4, 0.5) is 0 Å². The molecule has 0 aromatic heterocycles. The molecule has 0 radical (unpaired) electrons. The Bertz CT molecular complexity index is 1010. The third kappa shape index (κ3) is 51.6. The van der Waals surface area contributed by atoms with Gasteiger partial charge >= 0.3 is 17.9 Å². The van der Waals surface area contributed by atoms with Crippen molar-refractivity contribution in [3.63, 3.8) is 0 Å².